The number of fused-ring (bicyclic) bond motifs is 2. The fourth-order valence-electron chi connectivity index (χ4n) is 3.49. The number of nitrogens with zero attached hydrogens (tertiary/aromatic N) is 6. The number of halogens is 1. The molecular formula is C23H18BrN7O2. The van der Waals surface area contributed by atoms with Gasteiger partial charge in [0.15, 0.2) is 5.65 Å². The van der Waals surface area contributed by atoms with Crippen molar-refractivity contribution in [2.45, 2.75) is 13.1 Å². The molecule has 1 amide bonds. The van der Waals surface area contributed by atoms with Crippen molar-refractivity contribution in [1.82, 2.24) is 34.6 Å². The lowest BCUT2D eigenvalue weighted by Gasteiger charge is -2.08. The molecule has 1 N–H and O–H groups in total. The summed E-state index contributed by atoms with van der Waals surface area (Å²) in [5.74, 6) is -0.325. The van der Waals surface area contributed by atoms with Crippen molar-refractivity contribution < 1.29 is 4.79 Å². The van der Waals surface area contributed by atoms with Crippen LogP contribution < -0.4 is 10.9 Å². The first-order valence-corrected chi connectivity index (χ1v) is 11.0. The van der Waals surface area contributed by atoms with Crippen molar-refractivity contribution in [3.63, 3.8) is 0 Å². The van der Waals surface area contributed by atoms with Crippen molar-refractivity contribution in [2.24, 2.45) is 0 Å². The molecule has 0 spiro atoms. The van der Waals surface area contributed by atoms with Crippen molar-refractivity contribution in [2.75, 3.05) is 6.54 Å². The van der Waals surface area contributed by atoms with Gasteiger partial charge >= 0.3 is 0 Å². The maximum absolute atomic E-state index is 12.9. The molecule has 164 valence electrons. The van der Waals surface area contributed by atoms with Crippen molar-refractivity contribution in [1.29, 1.82) is 0 Å². The lowest BCUT2D eigenvalue weighted by molar-refractivity contribution is 0.0947. The minimum Gasteiger partial charge on any atom is -0.349 e. The Morgan fingerprint density at radius 1 is 1.00 bits per heavy atom. The number of carbonyl (C=O) groups excluding carboxylic acids is 1. The minimum atomic E-state index is -0.325. The van der Waals surface area contributed by atoms with E-state index in [1.807, 2.05) is 48.5 Å². The normalized spacial score (nSPS) is 11.2. The van der Waals surface area contributed by atoms with E-state index in [1.54, 1.807) is 9.25 Å². The van der Waals surface area contributed by atoms with Gasteiger partial charge in [0.05, 0.1) is 36.5 Å². The van der Waals surface area contributed by atoms with Gasteiger partial charge in [-0.05, 0) is 29.8 Å². The highest BCUT2D eigenvalue weighted by Gasteiger charge is 2.12. The number of benzene rings is 2. The molecule has 0 saturated heterocycles. The monoisotopic (exact) mass is 503 g/mol. The molecule has 5 aromatic rings. The molecule has 0 aliphatic heterocycles. The Hall–Kier alpha value is -3.92. The van der Waals surface area contributed by atoms with E-state index in [0.717, 1.165) is 15.6 Å². The Labute approximate surface area is 196 Å². The molecule has 2 aromatic carbocycles. The van der Waals surface area contributed by atoms with Crippen LogP contribution in [0.4, 0.5) is 0 Å². The van der Waals surface area contributed by atoms with Gasteiger partial charge in [-0.25, -0.2) is 14.6 Å². The van der Waals surface area contributed by atoms with E-state index in [0.29, 0.717) is 36.2 Å². The van der Waals surface area contributed by atoms with Gasteiger partial charge in [0, 0.05) is 11.0 Å². The van der Waals surface area contributed by atoms with Crippen LogP contribution in [0.15, 0.2) is 76.5 Å². The molecule has 0 fully saturated rings. The summed E-state index contributed by atoms with van der Waals surface area (Å²) in [7, 11) is 0. The topological polar surface area (TPSA) is 108 Å². The van der Waals surface area contributed by atoms with Crippen LogP contribution in [0.5, 0.6) is 0 Å². The predicted molar refractivity (Wildman–Crippen MR) is 127 cm³/mol. The number of carbonyl (C=O) groups is 1. The summed E-state index contributed by atoms with van der Waals surface area (Å²) in [6.07, 6.45) is 4.49. The lowest BCUT2D eigenvalue weighted by Crippen LogP contribution is -2.28. The molecule has 0 atom stereocenters. The van der Waals surface area contributed by atoms with Crippen molar-refractivity contribution >= 4 is 43.9 Å². The largest absolute Gasteiger partial charge is 0.349 e. The molecule has 0 aliphatic carbocycles. The van der Waals surface area contributed by atoms with E-state index in [-0.39, 0.29) is 17.2 Å². The first-order chi connectivity index (χ1) is 16.1. The van der Waals surface area contributed by atoms with Gasteiger partial charge in [-0.1, -0.05) is 40.2 Å². The van der Waals surface area contributed by atoms with Crippen LogP contribution in [-0.4, -0.2) is 41.8 Å². The summed E-state index contributed by atoms with van der Waals surface area (Å²) >= 11 is 3.41. The minimum absolute atomic E-state index is 0.162. The summed E-state index contributed by atoms with van der Waals surface area (Å²) in [6.45, 7) is 1.08. The number of hydrogen-bond donors (Lipinski definition) is 1. The summed E-state index contributed by atoms with van der Waals surface area (Å²) in [6, 6.07) is 15.1. The van der Waals surface area contributed by atoms with Crippen LogP contribution in [0.2, 0.25) is 0 Å². The zero-order valence-electron chi connectivity index (χ0n) is 17.3. The Morgan fingerprint density at radius 2 is 1.79 bits per heavy atom. The highest BCUT2D eigenvalue weighted by Crippen LogP contribution is 2.12. The Morgan fingerprint density at radius 3 is 2.61 bits per heavy atom. The first kappa shape index (κ1) is 21.0. The molecule has 9 nitrogen and oxygen atoms in total. The maximum atomic E-state index is 12.9. The van der Waals surface area contributed by atoms with Gasteiger partial charge in [-0.3, -0.25) is 19.1 Å². The summed E-state index contributed by atoms with van der Waals surface area (Å²) < 4.78 is 4.14. The average molecular weight is 504 g/mol. The molecule has 3 heterocycles. The van der Waals surface area contributed by atoms with Crippen LogP contribution in [-0.2, 0) is 13.1 Å². The molecular weight excluding hydrogens is 486 g/mol. The quantitative estimate of drug-likeness (QED) is 0.381. The van der Waals surface area contributed by atoms with E-state index in [4.69, 9.17) is 0 Å². The molecule has 0 radical (unpaired) electrons. The third-order valence-electron chi connectivity index (χ3n) is 5.18. The van der Waals surface area contributed by atoms with E-state index >= 15 is 0 Å². The third-order valence-corrected chi connectivity index (χ3v) is 5.71. The Kier molecular flexibility index (Phi) is 5.66. The maximum Gasteiger partial charge on any atom is 0.271 e. The zero-order chi connectivity index (χ0) is 22.8. The Bertz CT molecular complexity index is 1530. The fourth-order valence-corrected chi connectivity index (χ4v) is 3.76. The van der Waals surface area contributed by atoms with Gasteiger partial charge in [0.2, 0.25) is 0 Å². The van der Waals surface area contributed by atoms with Gasteiger partial charge in [0.25, 0.3) is 11.5 Å². The smallest absolute Gasteiger partial charge is 0.271 e. The first-order valence-electron chi connectivity index (χ1n) is 10.2. The average Bonchev–Trinajstić information content (AvgIpc) is 3.25. The van der Waals surface area contributed by atoms with Gasteiger partial charge in [0.1, 0.15) is 17.4 Å². The molecule has 5 rings (SSSR count). The standard InChI is InChI=1S/C23H18BrN7O2/c24-16-7-5-15(6-8-16)13-30-14-27-21-17(23(30)33)11-28-31(21)10-9-25-22(32)20-12-26-18-3-1-2-4-19(18)29-20/h1-8,11-12,14H,9-10,13H2,(H,25,32). The predicted octanol–water partition coefficient (Wildman–Crippen LogP) is 2.78. The number of para-hydroxylation sites is 2. The Balaban J connectivity index is 1.27. The van der Waals surface area contributed by atoms with Gasteiger partial charge < -0.3 is 5.32 Å². The second kappa shape index (κ2) is 8.91. The van der Waals surface area contributed by atoms with Gasteiger partial charge in [-0.2, -0.15) is 5.10 Å². The number of nitrogens with one attached hydrogen (secondary N) is 1. The van der Waals surface area contributed by atoms with Crippen LogP contribution in [0.3, 0.4) is 0 Å². The van der Waals surface area contributed by atoms with Gasteiger partial charge in [-0.15, -0.1) is 0 Å². The van der Waals surface area contributed by atoms with E-state index in [2.05, 4.69) is 41.3 Å². The second-order valence-corrected chi connectivity index (χ2v) is 8.32. The molecule has 10 heteroatoms. The van der Waals surface area contributed by atoms with Crippen molar-refractivity contribution in [3.8, 4) is 0 Å². The molecule has 0 saturated carbocycles. The highest BCUT2D eigenvalue weighted by atomic mass is 79.9. The summed E-state index contributed by atoms with van der Waals surface area (Å²) in [5.41, 5.74) is 2.94. The number of amides is 1. The summed E-state index contributed by atoms with van der Waals surface area (Å²) in [4.78, 5) is 38.4. The number of rotatable bonds is 6. The van der Waals surface area contributed by atoms with Crippen LogP contribution >= 0.6 is 15.9 Å². The van der Waals surface area contributed by atoms with E-state index in [9.17, 15) is 9.59 Å². The molecule has 33 heavy (non-hydrogen) atoms. The van der Waals surface area contributed by atoms with Crippen LogP contribution in [0.25, 0.3) is 22.1 Å². The molecule has 3 aromatic heterocycles. The SMILES string of the molecule is O=C(NCCn1ncc2c(=O)n(Cc3ccc(Br)cc3)cnc21)c1cnc2ccccc2n1. The van der Waals surface area contributed by atoms with Crippen LogP contribution in [0, 0.1) is 0 Å². The van der Waals surface area contributed by atoms with Crippen molar-refractivity contribution in [3.05, 3.63) is 93.3 Å². The van der Waals surface area contributed by atoms with E-state index < -0.39 is 0 Å². The number of aromatic nitrogens is 6. The third kappa shape index (κ3) is 4.37. The second-order valence-electron chi connectivity index (χ2n) is 7.41. The highest BCUT2D eigenvalue weighted by molar-refractivity contribution is 9.10. The van der Waals surface area contributed by atoms with Crippen LogP contribution in [0.1, 0.15) is 16.1 Å². The molecule has 0 aliphatic rings. The number of hydrogen-bond acceptors (Lipinski definition) is 6. The molecule has 0 unspecified atom stereocenters. The van der Waals surface area contributed by atoms with E-state index in [1.165, 1.54) is 18.7 Å². The summed E-state index contributed by atoms with van der Waals surface area (Å²) in [5, 5.41) is 7.53. The molecule has 0 bridgehead atoms. The zero-order valence-corrected chi connectivity index (χ0v) is 18.9. The lowest BCUT2D eigenvalue weighted by atomic mass is 10.2. The fraction of sp³-hybridized carbons (Fsp3) is 0.130.